The van der Waals surface area contributed by atoms with Crippen molar-refractivity contribution >= 4 is 17.5 Å². The van der Waals surface area contributed by atoms with Gasteiger partial charge < -0.3 is 9.64 Å². The lowest BCUT2D eigenvalue weighted by Gasteiger charge is -2.34. The molecule has 1 aliphatic rings. The van der Waals surface area contributed by atoms with Gasteiger partial charge in [-0.1, -0.05) is 6.92 Å². The maximum Gasteiger partial charge on any atom is 0.411 e. The van der Waals surface area contributed by atoms with Crippen molar-refractivity contribution in [2.45, 2.75) is 24.9 Å². The van der Waals surface area contributed by atoms with Crippen LogP contribution in [0.1, 0.15) is 13.3 Å². The topological polar surface area (TPSA) is 29.5 Å². The number of hydrogen-bond donors (Lipinski definition) is 0. The zero-order chi connectivity index (χ0) is 13.1. The quantitative estimate of drug-likeness (QED) is 0.737. The lowest BCUT2D eigenvalue weighted by Crippen LogP contribution is -2.45. The van der Waals surface area contributed by atoms with E-state index in [4.69, 9.17) is 11.6 Å². The second-order valence-electron chi connectivity index (χ2n) is 4.23. The van der Waals surface area contributed by atoms with Crippen LogP contribution in [0.15, 0.2) is 0 Å². The highest BCUT2D eigenvalue weighted by atomic mass is 35.5. The fraction of sp³-hybridized carbons (Fsp3) is 0.900. The second-order valence-corrected chi connectivity index (χ2v) is 4.79. The van der Waals surface area contributed by atoms with Crippen molar-refractivity contribution < 1.29 is 22.7 Å². The first-order valence-corrected chi connectivity index (χ1v) is 5.79. The Kier molecular flexibility index (Phi) is 5.06. The van der Waals surface area contributed by atoms with Gasteiger partial charge in [-0.25, -0.2) is 0 Å². The molecule has 0 saturated carbocycles. The average Bonchev–Trinajstić information content (AvgIpc) is 2.20. The molecule has 0 N–H and O–H groups in total. The number of amides is 1. The van der Waals surface area contributed by atoms with Gasteiger partial charge in [-0.05, 0) is 12.3 Å². The zero-order valence-electron chi connectivity index (χ0n) is 9.47. The normalized spacial score (nSPS) is 26.1. The summed E-state index contributed by atoms with van der Waals surface area (Å²) in [6.45, 7) is 0.947. The number of piperidine rings is 1. The second kappa shape index (κ2) is 5.91. The molecular formula is C10H15ClF3NO2. The maximum atomic E-state index is 11.8. The van der Waals surface area contributed by atoms with Gasteiger partial charge in [-0.3, -0.25) is 4.79 Å². The third-order valence-electron chi connectivity index (χ3n) is 2.64. The van der Waals surface area contributed by atoms with E-state index < -0.39 is 25.3 Å². The van der Waals surface area contributed by atoms with E-state index in [2.05, 4.69) is 4.74 Å². The van der Waals surface area contributed by atoms with Crippen molar-refractivity contribution in [3.63, 3.8) is 0 Å². The molecule has 3 nitrogen and oxygen atoms in total. The number of rotatable bonds is 3. The maximum absolute atomic E-state index is 11.8. The molecule has 1 aliphatic heterocycles. The van der Waals surface area contributed by atoms with Gasteiger partial charge in [0.15, 0.2) is 0 Å². The molecule has 17 heavy (non-hydrogen) atoms. The van der Waals surface area contributed by atoms with Crippen LogP contribution in [-0.2, 0) is 9.53 Å². The third-order valence-corrected chi connectivity index (χ3v) is 3.29. The Bertz CT molecular complexity index is 273. The SMILES string of the molecule is CC1CN(C(=O)COCC(F)(F)F)CCC1Cl. The van der Waals surface area contributed by atoms with Gasteiger partial charge in [0.1, 0.15) is 13.2 Å². The summed E-state index contributed by atoms with van der Waals surface area (Å²) in [7, 11) is 0. The smallest absolute Gasteiger partial charge is 0.362 e. The van der Waals surface area contributed by atoms with Crippen molar-refractivity contribution in [3.05, 3.63) is 0 Å². The fourth-order valence-electron chi connectivity index (χ4n) is 1.69. The van der Waals surface area contributed by atoms with Gasteiger partial charge in [0.2, 0.25) is 5.91 Å². The molecule has 0 aromatic heterocycles. The molecule has 2 unspecified atom stereocenters. The summed E-state index contributed by atoms with van der Waals surface area (Å²) >= 11 is 5.98. The average molecular weight is 274 g/mol. The van der Waals surface area contributed by atoms with Crippen molar-refractivity contribution in [1.29, 1.82) is 0 Å². The number of likely N-dealkylation sites (tertiary alicyclic amines) is 1. The standard InChI is InChI=1S/C10H15ClF3NO2/c1-7-4-15(3-2-8(7)11)9(16)5-17-6-10(12,13)14/h7-8H,2-6H2,1H3. The van der Waals surface area contributed by atoms with Crippen LogP contribution in [0.3, 0.4) is 0 Å². The Hall–Kier alpha value is -0.490. The number of alkyl halides is 4. The van der Waals surface area contributed by atoms with Crippen molar-refractivity contribution in [1.82, 2.24) is 4.90 Å². The molecule has 1 amide bonds. The monoisotopic (exact) mass is 273 g/mol. The first kappa shape index (κ1) is 14.6. The van der Waals surface area contributed by atoms with Crippen LogP contribution in [0.5, 0.6) is 0 Å². The minimum Gasteiger partial charge on any atom is -0.362 e. The molecule has 0 radical (unpaired) electrons. The van der Waals surface area contributed by atoms with E-state index >= 15 is 0 Å². The number of hydrogen-bond acceptors (Lipinski definition) is 2. The predicted octanol–water partition coefficient (Wildman–Crippen LogP) is 2.04. The van der Waals surface area contributed by atoms with Gasteiger partial charge in [0, 0.05) is 18.5 Å². The Labute approximate surface area is 103 Å². The molecule has 1 fully saturated rings. The number of nitrogens with zero attached hydrogens (tertiary/aromatic N) is 1. The van der Waals surface area contributed by atoms with Crippen LogP contribution >= 0.6 is 11.6 Å². The van der Waals surface area contributed by atoms with Gasteiger partial charge in [0.05, 0.1) is 0 Å². The molecule has 0 aliphatic carbocycles. The van der Waals surface area contributed by atoms with Gasteiger partial charge in [-0.15, -0.1) is 11.6 Å². The molecule has 2 atom stereocenters. The minimum absolute atomic E-state index is 0.0233. The van der Waals surface area contributed by atoms with E-state index in [1.807, 2.05) is 6.92 Å². The van der Waals surface area contributed by atoms with E-state index in [1.54, 1.807) is 0 Å². The number of carbonyl (C=O) groups excluding carboxylic acids is 1. The van der Waals surface area contributed by atoms with Gasteiger partial charge >= 0.3 is 6.18 Å². The van der Waals surface area contributed by atoms with Gasteiger partial charge in [-0.2, -0.15) is 13.2 Å². The van der Waals surface area contributed by atoms with Crippen LogP contribution in [0.25, 0.3) is 0 Å². The van der Waals surface area contributed by atoms with Crippen LogP contribution < -0.4 is 0 Å². The van der Waals surface area contributed by atoms with Crippen molar-refractivity contribution in [2.24, 2.45) is 5.92 Å². The molecule has 1 saturated heterocycles. The summed E-state index contributed by atoms with van der Waals surface area (Å²) in [6.07, 6.45) is -3.73. The fourth-order valence-corrected chi connectivity index (χ4v) is 1.87. The van der Waals surface area contributed by atoms with Crippen molar-refractivity contribution in [3.8, 4) is 0 Å². The molecule has 1 rings (SSSR count). The number of halogens is 4. The molecule has 0 spiro atoms. The van der Waals surface area contributed by atoms with Crippen LogP contribution in [0, 0.1) is 5.92 Å². The van der Waals surface area contributed by atoms with Crippen LogP contribution in [0.2, 0.25) is 0 Å². The molecule has 7 heteroatoms. The third kappa shape index (κ3) is 5.12. The largest absolute Gasteiger partial charge is 0.411 e. The zero-order valence-corrected chi connectivity index (χ0v) is 10.2. The molecule has 0 aromatic rings. The van der Waals surface area contributed by atoms with E-state index in [0.29, 0.717) is 19.5 Å². The first-order valence-electron chi connectivity index (χ1n) is 5.36. The Morgan fingerprint density at radius 2 is 2.18 bits per heavy atom. The summed E-state index contributed by atoms with van der Waals surface area (Å²) in [5.74, 6) is -0.262. The van der Waals surface area contributed by atoms with E-state index in [1.165, 1.54) is 4.90 Å². The highest BCUT2D eigenvalue weighted by Gasteiger charge is 2.30. The molecule has 0 aromatic carbocycles. The summed E-state index contributed by atoms with van der Waals surface area (Å²) < 4.78 is 39.7. The highest BCUT2D eigenvalue weighted by molar-refractivity contribution is 6.20. The lowest BCUT2D eigenvalue weighted by molar-refractivity contribution is -0.178. The lowest BCUT2D eigenvalue weighted by atomic mass is 10.00. The van der Waals surface area contributed by atoms with E-state index in [9.17, 15) is 18.0 Å². The Balaban J connectivity index is 2.29. The Morgan fingerprint density at radius 1 is 1.53 bits per heavy atom. The van der Waals surface area contributed by atoms with Crippen molar-refractivity contribution in [2.75, 3.05) is 26.3 Å². The summed E-state index contributed by atoms with van der Waals surface area (Å²) in [4.78, 5) is 13.0. The predicted molar refractivity (Wildman–Crippen MR) is 56.9 cm³/mol. The van der Waals surface area contributed by atoms with Crippen LogP contribution in [0.4, 0.5) is 13.2 Å². The molecule has 0 bridgehead atoms. The number of carbonyl (C=O) groups is 1. The number of ether oxygens (including phenoxy) is 1. The molecular weight excluding hydrogens is 259 g/mol. The molecule has 1 heterocycles. The van der Waals surface area contributed by atoms with Crippen LogP contribution in [-0.4, -0.2) is 48.7 Å². The Morgan fingerprint density at radius 3 is 2.71 bits per heavy atom. The highest BCUT2D eigenvalue weighted by Crippen LogP contribution is 2.21. The van der Waals surface area contributed by atoms with Gasteiger partial charge in [0.25, 0.3) is 0 Å². The van der Waals surface area contributed by atoms with E-state index in [0.717, 1.165) is 0 Å². The summed E-state index contributed by atoms with van der Waals surface area (Å²) in [6, 6.07) is 0. The summed E-state index contributed by atoms with van der Waals surface area (Å²) in [5, 5.41) is 0.0233. The summed E-state index contributed by atoms with van der Waals surface area (Å²) in [5.41, 5.74) is 0. The molecule has 100 valence electrons. The minimum atomic E-state index is -4.39. The van der Waals surface area contributed by atoms with E-state index in [-0.39, 0.29) is 11.3 Å². The first-order chi connectivity index (χ1) is 7.79.